The minimum atomic E-state index is 0.798. The molecule has 3 aromatic heterocycles. The summed E-state index contributed by atoms with van der Waals surface area (Å²) >= 11 is 1.62. The van der Waals surface area contributed by atoms with Crippen molar-refractivity contribution in [1.29, 1.82) is 0 Å². The normalized spacial score (nSPS) is 11.1. The zero-order chi connectivity index (χ0) is 14.2. The summed E-state index contributed by atoms with van der Waals surface area (Å²) in [4.78, 5) is 16.8. The number of hydrogen-bond acceptors (Lipinski definition) is 4. The molecule has 4 rings (SSSR count). The molecule has 0 spiro atoms. The van der Waals surface area contributed by atoms with Crippen LogP contribution >= 0.6 is 11.3 Å². The third-order valence-electron chi connectivity index (χ3n) is 3.31. The van der Waals surface area contributed by atoms with Crippen molar-refractivity contribution in [3.8, 4) is 21.8 Å². The minimum Gasteiger partial charge on any atom is -0.344 e. The second-order valence-corrected chi connectivity index (χ2v) is 5.67. The number of nitrogens with one attached hydrogen (secondary N) is 1. The molecule has 0 radical (unpaired) electrons. The monoisotopic (exact) mass is 292 g/mol. The lowest BCUT2D eigenvalue weighted by Gasteiger charge is -1.96. The molecule has 0 saturated carbocycles. The van der Waals surface area contributed by atoms with Gasteiger partial charge in [0.05, 0.1) is 23.1 Å². The molecular weight excluding hydrogens is 280 g/mol. The summed E-state index contributed by atoms with van der Waals surface area (Å²) in [5.41, 5.74) is 5.71. The fraction of sp³-hybridized carbons (Fsp3) is 0.0625. The van der Waals surface area contributed by atoms with Gasteiger partial charge in [-0.3, -0.25) is 0 Å². The molecule has 0 atom stereocenters. The zero-order valence-electron chi connectivity index (χ0n) is 11.4. The van der Waals surface area contributed by atoms with E-state index in [0.717, 1.165) is 38.7 Å². The Kier molecular flexibility index (Phi) is 2.79. The van der Waals surface area contributed by atoms with E-state index in [1.807, 2.05) is 31.3 Å². The van der Waals surface area contributed by atoms with Gasteiger partial charge in [-0.05, 0) is 6.92 Å². The number of hydrogen-bond donors (Lipinski definition) is 1. The number of aromatic nitrogens is 4. The highest BCUT2D eigenvalue weighted by atomic mass is 32.1. The van der Waals surface area contributed by atoms with Crippen molar-refractivity contribution in [3.05, 3.63) is 53.8 Å². The first kappa shape index (κ1) is 12.2. The Balaban J connectivity index is 1.83. The Hall–Kier alpha value is -2.53. The summed E-state index contributed by atoms with van der Waals surface area (Å²) in [7, 11) is 0. The Bertz CT molecular complexity index is 908. The first-order chi connectivity index (χ1) is 10.3. The molecule has 5 heteroatoms. The largest absolute Gasteiger partial charge is 0.344 e. The van der Waals surface area contributed by atoms with Crippen molar-refractivity contribution in [2.24, 2.45) is 0 Å². The van der Waals surface area contributed by atoms with Crippen LogP contribution in [0.2, 0.25) is 0 Å². The van der Waals surface area contributed by atoms with E-state index >= 15 is 0 Å². The van der Waals surface area contributed by atoms with Crippen LogP contribution in [0.4, 0.5) is 0 Å². The predicted octanol–water partition coefficient (Wildman–Crippen LogP) is 4.06. The van der Waals surface area contributed by atoms with Gasteiger partial charge in [0.15, 0.2) is 5.65 Å². The van der Waals surface area contributed by atoms with Gasteiger partial charge in [-0.2, -0.15) is 0 Å². The van der Waals surface area contributed by atoms with Crippen LogP contribution in [0.5, 0.6) is 0 Å². The van der Waals surface area contributed by atoms with E-state index in [9.17, 15) is 0 Å². The number of rotatable bonds is 2. The van der Waals surface area contributed by atoms with Crippen LogP contribution in [0.1, 0.15) is 5.69 Å². The highest BCUT2D eigenvalue weighted by Crippen LogP contribution is 2.32. The van der Waals surface area contributed by atoms with Crippen LogP contribution in [0, 0.1) is 6.92 Å². The molecule has 0 saturated heterocycles. The van der Waals surface area contributed by atoms with Crippen LogP contribution in [0.15, 0.2) is 48.1 Å². The van der Waals surface area contributed by atoms with Gasteiger partial charge in [0.1, 0.15) is 10.5 Å². The van der Waals surface area contributed by atoms with E-state index in [1.165, 1.54) is 0 Å². The summed E-state index contributed by atoms with van der Waals surface area (Å²) in [6.45, 7) is 1.94. The average molecular weight is 292 g/mol. The van der Waals surface area contributed by atoms with Crippen molar-refractivity contribution in [2.75, 3.05) is 0 Å². The Morgan fingerprint density at radius 2 is 1.95 bits per heavy atom. The Labute approximate surface area is 125 Å². The van der Waals surface area contributed by atoms with Crippen molar-refractivity contribution >= 4 is 22.5 Å². The van der Waals surface area contributed by atoms with Crippen molar-refractivity contribution in [1.82, 2.24) is 19.9 Å². The van der Waals surface area contributed by atoms with Gasteiger partial charge >= 0.3 is 0 Å². The number of H-pyrrole nitrogens is 1. The van der Waals surface area contributed by atoms with Crippen molar-refractivity contribution < 1.29 is 0 Å². The molecule has 4 nitrogen and oxygen atoms in total. The fourth-order valence-electron chi connectivity index (χ4n) is 2.28. The highest BCUT2D eigenvalue weighted by Gasteiger charge is 2.13. The molecule has 1 aromatic carbocycles. The molecule has 0 aliphatic carbocycles. The average Bonchev–Trinajstić information content (AvgIpc) is 3.14. The first-order valence-corrected chi connectivity index (χ1v) is 7.51. The smallest absolute Gasteiger partial charge is 0.156 e. The maximum Gasteiger partial charge on any atom is 0.156 e. The second kappa shape index (κ2) is 4.79. The van der Waals surface area contributed by atoms with Gasteiger partial charge in [0.25, 0.3) is 0 Å². The summed E-state index contributed by atoms with van der Waals surface area (Å²) in [5, 5.41) is 3.03. The van der Waals surface area contributed by atoms with Crippen LogP contribution in [-0.4, -0.2) is 19.9 Å². The van der Waals surface area contributed by atoms with Gasteiger partial charge < -0.3 is 4.98 Å². The first-order valence-electron chi connectivity index (χ1n) is 6.63. The van der Waals surface area contributed by atoms with Gasteiger partial charge in [-0.15, -0.1) is 11.3 Å². The summed E-state index contributed by atoms with van der Waals surface area (Å²) in [6.07, 6.45) is 3.69. The van der Waals surface area contributed by atoms with Gasteiger partial charge in [-0.25, -0.2) is 15.0 Å². The van der Waals surface area contributed by atoms with Crippen LogP contribution in [0.3, 0.4) is 0 Å². The van der Waals surface area contributed by atoms with Gasteiger partial charge in [0.2, 0.25) is 0 Å². The molecule has 0 amide bonds. The molecule has 4 aromatic rings. The number of fused-ring (bicyclic) bond motifs is 1. The highest BCUT2D eigenvalue weighted by molar-refractivity contribution is 7.13. The molecule has 102 valence electrons. The summed E-state index contributed by atoms with van der Waals surface area (Å²) in [6, 6.07) is 10.2. The molecule has 3 heterocycles. The quantitative estimate of drug-likeness (QED) is 0.606. The van der Waals surface area contributed by atoms with Crippen LogP contribution < -0.4 is 0 Å². The van der Waals surface area contributed by atoms with E-state index in [1.54, 1.807) is 17.5 Å². The maximum atomic E-state index is 4.73. The lowest BCUT2D eigenvalue weighted by atomic mass is 10.2. The molecule has 21 heavy (non-hydrogen) atoms. The third kappa shape index (κ3) is 2.11. The summed E-state index contributed by atoms with van der Waals surface area (Å²) in [5.74, 6) is 0. The van der Waals surface area contributed by atoms with E-state index in [0.29, 0.717) is 0 Å². The molecule has 0 unspecified atom stereocenters. The SMILES string of the molecule is Cc1cnc2[nH]cc(-c3nc(-c4ccccc4)cs3)c2n1. The second-order valence-electron chi connectivity index (χ2n) is 4.81. The lowest BCUT2D eigenvalue weighted by molar-refractivity contribution is 1.17. The third-order valence-corrected chi connectivity index (χ3v) is 4.18. The topological polar surface area (TPSA) is 54.5 Å². The van der Waals surface area contributed by atoms with Gasteiger partial charge in [0, 0.05) is 17.1 Å². The zero-order valence-corrected chi connectivity index (χ0v) is 12.2. The van der Waals surface area contributed by atoms with E-state index in [-0.39, 0.29) is 0 Å². The number of aryl methyl sites for hydroxylation is 1. The number of thiazole rings is 1. The van der Waals surface area contributed by atoms with Crippen molar-refractivity contribution in [3.63, 3.8) is 0 Å². The molecule has 0 fully saturated rings. The predicted molar refractivity (Wildman–Crippen MR) is 85.2 cm³/mol. The standard InChI is InChI=1S/C16H12N4S/c1-10-7-17-15-14(19-10)12(8-18-15)16-20-13(9-21-16)11-5-3-2-4-6-11/h2-9H,1H3,(H,17,18). The molecular formula is C16H12N4S. The molecule has 0 bridgehead atoms. The van der Waals surface area contributed by atoms with E-state index < -0.39 is 0 Å². The number of aromatic amines is 1. The Morgan fingerprint density at radius 3 is 2.81 bits per heavy atom. The van der Waals surface area contributed by atoms with Crippen molar-refractivity contribution in [2.45, 2.75) is 6.92 Å². The Morgan fingerprint density at radius 1 is 1.10 bits per heavy atom. The van der Waals surface area contributed by atoms with Gasteiger partial charge in [-0.1, -0.05) is 30.3 Å². The van der Waals surface area contributed by atoms with Crippen LogP contribution in [0.25, 0.3) is 33.0 Å². The molecule has 0 aliphatic heterocycles. The molecule has 1 N–H and O–H groups in total. The molecule has 0 aliphatic rings. The lowest BCUT2D eigenvalue weighted by Crippen LogP contribution is -1.86. The number of nitrogens with zero attached hydrogens (tertiary/aromatic N) is 3. The van der Waals surface area contributed by atoms with Crippen LogP contribution in [-0.2, 0) is 0 Å². The van der Waals surface area contributed by atoms with E-state index in [4.69, 9.17) is 4.98 Å². The maximum absolute atomic E-state index is 4.73. The minimum absolute atomic E-state index is 0.798. The fourth-order valence-corrected chi connectivity index (χ4v) is 3.13. The number of benzene rings is 1. The van der Waals surface area contributed by atoms with E-state index in [2.05, 4.69) is 32.5 Å². The summed E-state index contributed by atoms with van der Waals surface area (Å²) < 4.78 is 0.